The molecule has 0 aliphatic carbocycles. The third-order valence-electron chi connectivity index (χ3n) is 4.65. The maximum absolute atomic E-state index is 12.9. The lowest BCUT2D eigenvalue weighted by molar-refractivity contribution is -0.169. The molecule has 0 unspecified atom stereocenters. The number of benzene rings is 1. The monoisotopic (exact) mass is 401 g/mol. The number of rotatable bonds is 7. The summed E-state index contributed by atoms with van der Waals surface area (Å²) in [7, 11) is 3.18. The third-order valence-corrected chi connectivity index (χ3v) is 4.65. The molecule has 1 aromatic rings. The van der Waals surface area contributed by atoms with Crippen molar-refractivity contribution in [3.05, 3.63) is 47.2 Å². The first-order chi connectivity index (χ1) is 13.2. The van der Waals surface area contributed by atoms with Gasteiger partial charge in [-0.2, -0.15) is 13.2 Å². The molecule has 1 N–H and O–H groups in total. The lowest BCUT2D eigenvalue weighted by atomic mass is 9.80. The van der Waals surface area contributed by atoms with Crippen LogP contribution in [0.3, 0.4) is 0 Å². The zero-order valence-electron chi connectivity index (χ0n) is 16.2. The van der Waals surface area contributed by atoms with Gasteiger partial charge in [0.25, 0.3) is 5.91 Å². The van der Waals surface area contributed by atoms with E-state index in [4.69, 9.17) is 9.47 Å². The Bertz CT molecular complexity index is 686. The lowest BCUT2D eigenvalue weighted by Gasteiger charge is -2.37. The molecular weight excluding hydrogens is 375 g/mol. The molecule has 5 nitrogen and oxygen atoms in total. The minimum atomic E-state index is -4.42. The van der Waals surface area contributed by atoms with E-state index in [1.807, 2.05) is 0 Å². The molecule has 1 aliphatic heterocycles. The third kappa shape index (κ3) is 5.26. The fraction of sp³-hybridized carbons (Fsp3) is 0.550. The number of ether oxygens (including phenoxy) is 2. The van der Waals surface area contributed by atoms with Gasteiger partial charge in [-0.3, -0.25) is 4.79 Å². The number of alkyl halides is 3. The predicted molar refractivity (Wildman–Crippen MR) is 97.3 cm³/mol. The molecule has 0 bridgehead atoms. The van der Waals surface area contributed by atoms with Gasteiger partial charge in [-0.05, 0) is 43.5 Å². The first-order valence-corrected chi connectivity index (χ1v) is 9.18. The highest BCUT2D eigenvalue weighted by atomic mass is 19.4. The molecule has 28 heavy (non-hydrogen) atoms. The first kappa shape index (κ1) is 22.2. The summed E-state index contributed by atoms with van der Waals surface area (Å²) in [6.45, 7) is 2.12. The molecule has 2 rings (SSSR count). The standard InChI is InChI=1S/C20H26F3NO4/c1-4-27-19-15(6-5-11-25)16(12-17(28-19)18(26)24(2)3)13-7-9-14(10-8-13)20(21,22)23/h7-10,12,15-16,19,25H,4-6,11H2,1-3H3/t15-,16+,19+/m0/s1. The highest BCUT2D eigenvalue weighted by molar-refractivity contribution is 5.91. The van der Waals surface area contributed by atoms with Gasteiger partial charge in [-0.25, -0.2) is 0 Å². The van der Waals surface area contributed by atoms with Gasteiger partial charge < -0.3 is 19.5 Å². The maximum Gasteiger partial charge on any atom is 0.416 e. The minimum absolute atomic E-state index is 0.0255. The van der Waals surface area contributed by atoms with Gasteiger partial charge in [0, 0.05) is 39.1 Å². The number of aliphatic hydroxyl groups excluding tert-OH is 1. The Morgan fingerprint density at radius 3 is 2.39 bits per heavy atom. The second-order valence-electron chi connectivity index (χ2n) is 6.85. The molecule has 1 amide bonds. The topological polar surface area (TPSA) is 59.0 Å². The van der Waals surface area contributed by atoms with Crippen LogP contribution in [0.25, 0.3) is 0 Å². The molecule has 0 saturated carbocycles. The Kier molecular flexibility index (Phi) is 7.48. The van der Waals surface area contributed by atoms with Crippen molar-refractivity contribution in [2.24, 2.45) is 5.92 Å². The van der Waals surface area contributed by atoms with Crippen molar-refractivity contribution < 1.29 is 32.5 Å². The summed E-state index contributed by atoms with van der Waals surface area (Å²) in [4.78, 5) is 13.8. The van der Waals surface area contributed by atoms with E-state index >= 15 is 0 Å². The number of halogens is 3. The van der Waals surface area contributed by atoms with Crippen LogP contribution in [0, 0.1) is 5.92 Å². The fourth-order valence-electron chi connectivity index (χ4n) is 3.25. The van der Waals surface area contributed by atoms with Crippen LogP contribution in [0.2, 0.25) is 0 Å². The van der Waals surface area contributed by atoms with Crippen molar-refractivity contribution in [1.29, 1.82) is 0 Å². The highest BCUT2D eigenvalue weighted by Gasteiger charge is 2.38. The Balaban J connectivity index is 2.45. The largest absolute Gasteiger partial charge is 0.459 e. The molecule has 1 aromatic carbocycles. The molecule has 1 aliphatic rings. The number of allylic oxidation sites excluding steroid dienone is 1. The van der Waals surface area contributed by atoms with Crippen LogP contribution >= 0.6 is 0 Å². The quantitative estimate of drug-likeness (QED) is 0.759. The summed E-state index contributed by atoms with van der Waals surface area (Å²) >= 11 is 0. The summed E-state index contributed by atoms with van der Waals surface area (Å²) in [5.41, 5.74) is -0.0989. The van der Waals surface area contributed by atoms with Gasteiger partial charge in [-0.15, -0.1) is 0 Å². The summed E-state index contributed by atoms with van der Waals surface area (Å²) < 4.78 is 50.1. The van der Waals surface area contributed by atoms with E-state index in [2.05, 4.69) is 0 Å². The lowest BCUT2D eigenvalue weighted by Crippen LogP contribution is -2.38. The summed E-state index contributed by atoms with van der Waals surface area (Å²) in [5.74, 6) is -0.864. The van der Waals surface area contributed by atoms with Gasteiger partial charge in [0.2, 0.25) is 6.29 Å². The summed E-state index contributed by atoms with van der Waals surface area (Å²) in [6, 6.07) is 4.90. The average molecular weight is 401 g/mol. The van der Waals surface area contributed by atoms with Crippen LogP contribution in [0.4, 0.5) is 13.2 Å². The molecule has 0 aromatic heterocycles. The zero-order valence-corrected chi connectivity index (χ0v) is 16.2. The number of amides is 1. The Hall–Kier alpha value is -2.06. The van der Waals surface area contributed by atoms with E-state index in [-0.39, 0.29) is 30.1 Å². The second-order valence-corrected chi connectivity index (χ2v) is 6.85. The fourth-order valence-corrected chi connectivity index (χ4v) is 3.25. The van der Waals surface area contributed by atoms with Crippen molar-refractivity contribution in [2.45, 2.75) is 38.1 Å². The Morgan fingerprint density at radius 2 is 1.89 bits per heavy atom. The maximum atomic E-state index is 12.9. The molecule has 3 atom stereocenters. The SMILES string of the molecule is CCO[C@@H]1OC(C(=O)N(C)C)=C[C@H](c2ccc(C(F)(F)F)cc2)[C@@H]1CCCO. The van der Waals surface area contributed by atoms with Crippen LogP contribution in [-0.4, -0.2) is 49.5 Å². The Labute approximate surface area is 162 Å². The van der Waals surface area contributed by atoms with E-state index in [1.165, 1.54) is 17.0 Å². The van der Waals surface area contributed by atoms with E-state index in [0.717, 1.165) is 12.1 Å². The van der Waals surface area contributed by atoms with E-state index in [9.17, 15) is 23.1 Å². The number of hydrogen-bond donors (Lipinski definition) is 1. The number of nitrogens with zero attached hydrogens (tertiary/aromatic N) is 1. The van der Waals surface area contributed by atoms with E-state index < -0.39 is 18.0 Å². The molecule has 156 valence electrons. The Morgan fingerprint density at radius 1 is 1.25 bits per heavy atom. The van der Waals surface area contributed by atoms with Crippen molar-refractivity contribution in [3.63, 3.8) is 0 Å². The van der Waals surface area contributed by atoms with Crippen molar-refractivity contribution in [2.75, 3.05) is 27.3 Å². The summed E-state index contributed by atoms with van der Waals surface area (Å²) in [6.07, 6.45) is -2.48. The van der Waals surface area contributed by atoms with Crippen LogP contribution in [0.1, 0.15) is 36.8 Å². The van der Waals surface area contributed by atoms with Crippen molar-refractivity contribution in [3.8, 4) is 0 Å². The van der Waals surface area contributed by atoms with Crippen LogP contribution in [-0.2, 0) is 20.4 Å². The number of carbonyl (C=O) groups excluding carboxylic acids is 1. The molecule has 0 saturated heterocycles. The number of aliphatic hydroxyl groups is 1. The van der Waals surface area contributed by atoms with Crippen molar-refractivity contribution >= 4 is 5.91 Å². The number of carbonyl (C=O) groups is 1. The minimum Gasteiger partial charge on any atom is -0.459 e. The average Bonchev–Trinajstić information content (AvgIpc) is 2.65. The second kappa shape index (κ2) is 9.43. The smallest absolute Gasteiger partial charge is 0.416 e. The van der Waals surface area contributed by atoms with Crippen LogP contribution < -0.4 is 0 Å². The molecule has 0 spiro atoms. The van der Waals surface area contributed by atoms with Crippen LogP contribution in [0.15, 0.2) is 36.1 Å². The molecule has 0 fully saturated rings. The molecular formula is C20H26F3NO4. The van der Waals surface area contributed by atoms with Gasteiger partial charge in [0.15, 0.2) is 5.76 Å². The number of likely N-dealkylation sites (N-methyl/N-ethyl adjacent to an activating group) is 1. The van der Waals surface area contributed by atoms with Gasteiger partial charge >= 0.3 is 6.18 Å². The summed E-state index contributed by atoms with van der Waals surface area (Å²) in [5, 5.41) is 9.23. The molecule has 0 radical (unpaired) electrons. The normalized spacial score (nSPS) is 22.4. The van der Waals surface area contributed by atoms with E-state index in [1.54, 1.807) is 27.1 Å². The first-order valence-electron chi connectivity index (χ1n) is 9.18. The molecule has 8 heteroatoms. The van der Waals surface area contributed by atoms with Gasteiger partial charge in [0.1, 0.15) is 0 Å². The predicted octanol–water partition coefficient (Wildman–Crippen LogP) is 3.54. The van der Waals surface area contributed by atoms with Gasteiger partial charge in [-0.1, -0.05) is 12.1 Å². The molecule has 1 heterocycles. The highest BCUT2D eigenvalue weighted by Crippen LogP contribution is 2.40. The van der Waals surface area contributed by atoms with Crippen molar-refractivity contribution in [1.82, 2.24) is 4.90 Å². The number of hydrogen-bond acceptors (Lipinski definition) is 4. The van der Waals surface area contributed by atoms with E-state index in [0.29, 0.717) is 25.0 Å². The zero-order chi connectivity index (χ0) is 20.9. The van der Waals surface area contributed by atoms with Gasteiger partial charge in [0.05, 0.1) is 5.56 Å². The van der Waals surface area contributed by atoms with Crippen LogP contribution in [0.5, 0.6) is 0 Å².